The normalized spacial score (nSPS) is 10.6. The third kappa shape index (κ3) is 6.61. The van der Waals surface area contributed by atoms with Gasteiger partial charge in [0.2, 0.25) is 0 Å². The van der Waals surface area contributed by atoms with E-state index in [1.165, 1.54) is 17.7 Å². The molecule has 0 aliphatic carbocycles. The first kappa shape index (κ1) is 21.3. The summed E-state index contributed by atoms with van der Waals surface area (Å²) in [5.41, 5.74) is 2.56. The lowest BCUT2D eigenvalue weighted by Crippen LogP contribution is -2.32. The SMILES string of the molecule is Cc1ccc(C(C)C)cc1OCC(=O)NCCCNC(=O)c1cccc(O)c1. The van der Waals surface area contributed by atoms with Gasteiger partial charge in [-0.25, -0.2) is 0 Å². The van der Waals surface area contributed by atoms with Gasteiger partial charge in [-0.15, -0.1) is 0 Å². The second kappa shape index (κ2) is 10.3. The fourth-order valence-corrected chi connectivity index (χ4v) is 2.59. The van der Waals surface area contributed by atoms with Crippen LogP contribution in [0, 0.1) is 6.92 Å². The van der Waals surface area contributed by atoms with E-state index in [0.717, 1.165) is 11.3 Å². The first-order valence-corrected chi connectivity index (χ1v) is 9.44. The first-order valence-electron chi connectivity index (χ1n) is 9.44. The Kier molecular flexibility index (Phi) is 7.87. The summed E-state index contributed by atoms with van der Waals surface area (Å²) in [6.45, 7) is 6.99. The number of amides is 2. The van der Waals surface area contributed by atoms with Gasteiger partial charge >= 0.3 is 0 Å². The molecule has 150 valence electrons. The molecule has 0 aliphatic heterocycles. The highest BCUT2D eigenvalue weighted by Crippen LogP contribution is 2.24. The van der Waals surface area contributed by atoms with Crippen LogP contribution in [0.1, 0.15) is 47.7 Å². The molecule has 0 saturated carbocycles. The van der Waals surface area contributed by atoms with E-state index in [2.05, 4.69) is 30.5 Å². The number of aryl methyl sites for hydroxylation is 1. The highest BCUT2D eigenvalue weighted by atomic mass is 16.5. The van der Waals surface area contributed by atoms with Gasteiger partial charge in [0, 0.05) is 18.7 Å². The monoisotopic (exact) mass is 384 g/mol. The van der Waals surface area contributed by atoms with Gasteiger partial charge in [0.25, 0.3) is 11.8 Å². The van der Waals surface area contributed by atoms with Crippen molar-refractivity contribution in [3.05, 3.63) is 59.2 Å². The Morgan fingerprint density at radius 1 is 1.07 bits per heavy atom. The summed E-state index contributed by atoms with van der Waals surface area (Å²) in [5, 5.41) is 14.9. The van der Waals surface area contributed by atoms with E-state index in [-0.39, 0.29) is 24.2 Å². The molecule has 2 amide bonds. The Labute approximate surface area is 165 Å². The quantitative estimate of drug-likeness (QED) is 0.580. The Balaban J connectivity index is 1.66. The van der Waals surface area contributed by atoms with Crippen molar-refractivity contribution in [1.29, 1.82) is 0 Å². The van der Waals surface area contributed by atoms with Gasteiger partial charge < -0.3 is 20.5 Å². The van der Waals surface area contributed by atoms with Crippen LogP contribution in [0.25, 0.3) is 0 Å². The van der Waals surface area contributed by atoms with Crippen LogP contribution in [-0.4, -0.2) is 36.6 Å². The predicted molar refractivity (Wildman–Crippen MR) is 109 cm³/mol. The molecule has 0 fully saturated rings. The Bertz CT molecular complexity index is 818. The highest BCUT2D eigenvalue weighted by Gasteiger charge is 2.08. The smallest absolute Gasteiger partial charge is 0.257 e. The number of rotatable bonds is 9. The maximum atomic E-state index is 12.0. The molecule has 0 bridgehead atoms. The fourth-order valence-electron chi connectivity index (χ4n) is 2.59. The number of nitrogens with one attached hydrogen (secondary N) is 2. The molecule has 6 nitrogen and oxygen atoms in total. The van der Waals surface area contributed by atoms with Crippen molar-refractivity contribution in [3.63, 3.8) is 0 Å². The zero-order valence-electron chi connectivity index (χ0n) is 16.6. The molecule has 0 saturated heterocycles. The number of hydrogen-bond donors (Lipinski definition) is 3. The Morgan fingerprint density at radius 3 is 2.54 bits per heavy atom. The third-order valence-electron chi connectivity index (χ3n) is 4.31. The molecule has 2 rings (SSSR count). The second-order valence-corrected chi connectivity index (χ2v) is 6.98. The number of phenolic OH excluding ortho intramolecular Hbond substituents is 1. The molecular weight excluding hydrogens is 356 g/mol. The number of ether oxygens (including phenoxy) is 1. The largest absolute Gasteiger partial charge is 0.508 e. The van der Waals surface area contributed by atoms with Crippen LogP contribution in [-0.2, 0) is 4.79 Å². The molecule has 3 N–H and O–H groups in total. The Morgan fingerprint density at radius 2 is 1.82 bits per heavy atom. The molecular formula is C22H28N2O4. The van der Waals surface area contributed by atoms with Crippen molar-refractivity contribution in [1.82, 2.24) is 10.6 Å². The van der Waals surface area contributed by atoms with Crippen LogP contribution in [0.3, 0.4) is 0 Å². The lowest BCUT2D eigenvalue weighted by molar-refractivity contribution is -0.123. The molecule has 28 heavy (non-hydrogen) atoms. The lowest BCUT2D eigenvalue weighted by atomic mass is 10.0. The third-order valence-corrected chi connectivity index (χ3v) is 4.31. The number of carbonyl (C=O) groups excluding carboxylic acids is 2. The van der Waals surface area contributed by atoms with Crippen molar-refractivity contribution in [2.24, 2.45) is 0 Å². The summed E-state index contributed by atoms with van der Waals surface area (Å²) in [6.07, 6.45) is 0.595. The van der Waals surface area contributed by atoms with Gasteiger partial charge in [-0.2, -0.15) is 0 Å². The van der Waals surface area contributed by atoms with E-state index in [9.17, 15) is 14.7 Å². The predicted octanol–water partition coefficient (Wildman–Crippen LogP) is 3.14. The van der Waals surface area contributed by atoms with Crippen molar-refractivity contribution in [2.75, 3.05) is 19.7 Å². The van der Waals surface area contributed by atoms with Gasteiger partial charge in [0.1, 0.15) is 11.5 Å². The van der Waals surface area contributed by atoms with E-state index < -0.39 is 0 Å². The number of hydrogen-bond acceptors (Lipinski definition) is 4. The second-order valence-electron chi connectivity index (χ2n) is 6.98. The zero-order chi connectivity index (χ0) is 20.5. The molecule has 0 atom stereocenters. The van der Waals surface area contributed by atoms with Gasteiger partial charge in [-0.05, 0) is 54.7 Å². The molecule has 0 spiro atoms. The van der Waals surface area contributed by atoms with E-state index >= 15 is 0 Å². The van der Waals surface area contributed by atoms with Crippen LogP contribution in [0.2, 0.25) is 0 Å². The lowest BCUT2D eigenvalue weighted by Gasteiger charge is -2.13. The summed E-state index contributed by atoms with van der Waals surface area (Å²) >= 11 is 0. The van der Waals surface area contributed by atoms with Crippen molar-refractivity contribution in [3.8, 4) is 11.5 Å². The molecule has 0 radical (unpaired) electrons. The van der Waals surface area contributed by atoms with Crippen molar-refractivity contribution >= 4 is 11.8 Å². The van der Waals surface area contributed by atoms with E-state index in [1.807, 2.05) is 19.1 Å². The summed E-state index contributed by atoms with van der Waals surface area (Å²) in [4.78, 5) is 23.9. The molecule has 0 aromatic heterocycles. The number of benzene rings is 2. The van der Waals surface area contributed by atoms with E-state index in [1.54, 1.807) is 12.1 Å². The van der Waals surface area contributed by atoms with Gasteiger partial charge in [-0.1, -0.05) is 32.0 Å². The average Bonchev–Trinajstić information content (AvgIpc) is 2.66. The zero-order valence-corrected chi connectivity index (χ0v) is 16.6. The molecule has 2 aromatic rings. The van der Waals surface area contributed by atoms with Gasteiger partial charge in [-0.3, -0.25) is 9.59 Å². The van der Waals surface area contributed by atoms with Crippen LogP contribution < -0.4 is 15.4 Å². The standard InChI is InChI=1S/C22H28N2O4/c1-15(2)17-9-8-16(3)20(13-17)28-14-21(26)23-10-5-11-24-22(27)18-6-4-7-19(25)12-18/h4,6-9,12-13,15,25H,5,10-11,14H2,1-3H3,(H,23,26)(H,24,27). The average molecular weight is 384 g/mol. The number of phenols is 1. The van der Waals surface area contributed by atoms with Gasteiger partial charge in [0.05, 0.1) is 0 Å². The minimum atomic E-state index is -0.258. The maximum absolute atomic E-state index is 12.0. The summed E-state index contributed by atoms with van der Waals surface area (Å²) < 4.78 is 5.65. The minimum Gasteiger partial charge on any atom is -0.508 e. The fraction of sp³-hybridized carbons (Fsp3) is 0.364. The van der Waals surface area contributed by atoms with Crippen LogP contribution in [0.5, 0.6) is 11.5 Å². The van der Waals surface area contributed by atoms with Crippen LogP contribution in [0.4, 0.5) is 0 Å². The van der Waals surface area contributed by atoms with Crippen LogP contribution in [0.15, 0.2) is 42.5 Å². The Hall–Kier alpha value is -3.02. The highest BCUT2D eigenvalue weighted by molar-refractivity contribution is 5.94. The molecule has 0 aliphatic rings. The van der Waals surface area contributed by atoms with Crippen molar-refractivity contribution < 1.29 is 19.4 Å². The van der Waals surface area contributed by atoms with Crippen molar-refractivity contribution in [2.45, 2.75) is 33.1 Å². The molecule has 2 aromatic carbocycles. The molecule has 0 heterocycles. The molecule has 0 unspecified atom stereocenters. The maximum Gasteiger partial charge on any atom is 0.257 e. The summed E-state index contributed by atoms with van der Waals surface area (Å²) in [5.74, 6) is 0.709. The van der Waals surface area contributed by atoms with E-state index in [4.69, 9.17) is 4.74 Å². The van der Waals surface area contributed by atoms with Crippen LogP contribution >= 0.6 is 0 Å². The summed E-state index contributed by atoms with van der Waals surface area (Å²) in [7, 11) is 0. The van der Waals surface area contributed by atoms with Gasteiger partial charge in [0.15, 0.2) is 6.61 Å². The minimum absolute atomic E-state index is 0.0436. The number of aromatic hydroxyl groups is 1. The summed E-state index contributed by atoms with van der Waals surface area (Å²) in [6, 6.07) is 12.2. The molecule has 6 heteroatoms. The number of carbonyl (C=O) groups is 2. The first-order chi connectivity index (χ1) is 13.4. The van der Waals surface area contributed by atoms with E-state index in [0.29, 0.717) is 31.0 Å². The topological polar surface area (TPSA) is 87.7 Å².